The molecule has 12 nitrogen and oxygen atoms in total. The van der Waals surface area contributed by atoms with Gasteiger partial charge < -0.3 is 34.5 Å². The van der Waals surface area contributed by atoms with Crippen LogP contribution in [0.4, 0.5) is 0 Å². The molecule has 0 saturated carbocycles. The van der Waals surface area contributed by atoms with Gasteiger partial charge in [0.2, 0.25) is 0 Å². The molecule has 0 saturated heterocycles. The lowest BCUT2D eigenvalue weighted by molar-refractivity contribution is -0.134. The molecule has 0 aliphatic rings. The van der Waals surface area contributed by atoms with E-state index in [0.29, 0.717) is 80.5 Å². The first-order valence-corrected chi connectivity index (χ1v) is 14.6. The number of nitrogens with one attached hydrogen (secondary N) is 1. The summed E-state index contributed by atoms with van der Waals surface area (Å²) in [5, 5.41) is 37.8. The molecule has 49 heavy (non-hydrogen) atoms. The topological polar surface area (TPSA) is 188 Å². The van der Waals surface area contributed by atoms with Crippen LogP contribution >= 0.6 is 23.2 Å². The van der Waals surface area contributed by atoms with E-state index in [1.54, 1.807) is 61.7 Å². The normalized spacial score (nSPS) is 9.78. The van der Waals surface area contributed by atoms with Gasteiger partial charge in [-0.05, 0) is 67.7 Å². The predicted molar refractivity (Wildman–Crippen MR) is 181 cm³/mol. The second kappa shape index (κ2) is 20.2. The van der Waals surface area contributed by atoms with Crippen LogP contribution in [-0.4, -0.2) is 49.7 Å². The number of carbonyl (C=O) groups is 3. The molecule has 0 aliphatic carbocycles. The number of aldehydes is 1. The molecule has 0 unspecified atom stereocenters. The minimum absolute atomic E-state index is 0.335. The van der Waals surface area contributed by atoms with Crippen LogP contribution in [-0.2, 0) is 16.1 Å². The second-order valence-electron chi connectivity index (χ2n) is 9.24. The highest BCUT2D eigenvalue weighted by Crippen LogP contribution is 2.32. The molecule has 4 rings (SSSR count). The van der Waals surface area contributed by atoms with Crippen molar-refractivity contribution < 1.29 is 43.5 Å². The zero-order chi connectivity index (χ0) is 36.3. The highest BCUT2D eigenvalue weighted by Gasteiger charge is 2.10. The number of halogens is 2. The summed E-state index contributed by atoms with van der Waals surface area (Å²) in [6.45, 7) is 0.654. The number of hydrogen-bond donors (Lipinski definition) is 3. The average molecular weight is 707 g/mol. The third-order valence-corrected chi connectivity index (χ3v) is 6.37. The van der Waals surface area contributed by atoms with Gasteiger partial charge in [0.1, 0.15) is 46.6 Å². The van der Waals surface area contributed by atoms with Crippen LogP contribution < -0.4 is 24.3 Å². The molecule has 0 aliphatic heterocycles. The van der Waals surface area contributed by atoms with Gasteiger partial charge in [0.15, 0.2) is 6.29 Å². The molecule has 0 bridgehead atoms. The minimum Gasteiger partial charge on any atom is -0.496 e. The van der Waals surface area contributed by atoms with E-state index < -0.39 is 11.9 Å². The summed E-state index contributed by atoms with van der Waals surface area (Å²) >= 11 is 11.8. The van der Waals surface area contributed by atoms with Gasteiger partial charge in [-0.3, -0.25) is 4.79 Å². The monoisotopic (exact) mass is 705 g/mol. The number of aliphatic carboxylic acids is 2. The standard InChI is InChI=1S/C16H15ClN2O2.C15H10ClNO3.C4H4O4/c1-19-10-12-7-14(5-6-15(12)20-2)21-16-8-13(17)4-3-11(16)9-18;1-19-14-5-4-13(6-11(14)9-18)20-15-7-12(16)3-2-10(15)8-17;5-3(6)1-2-4(7)8/h3-8,19H,10H2,1-2H3;2-7,9H,1H3;1-2H,(H,5,6)(H,7,8). The summed E-state index contributed by atoms with van der Waals surface area (Å²) in [4.78, 5) is 30.1. The van der Waals surface area contributed by atoms with Crippen LogP contribution in [0.2, 0.25) is 10.0 Å². The first-order valence-electron chi connectivity index (χ1n) is 13.8. The summed E-state index contributed by atoms with van der Waals surface area (Å²) in [6, 6.07) is 24.0. The number of carboxylic acids is 2. The Balaban J connectivity index is 0.000000280. The van der Waals surface area contributed by atoms with E-state index in [9.17, 15) is 14.4 Å². The molecule has 0 amide bonds. The van der Waals surface area contributed by atoms with E-state index in [4.69, 9.17) is 62.9 Å². The quantitative estimate of drug-likeness (QED) is 0.105. The number of carboxylic acid groups (broad SMARTS) is 2. The minimum atomic E-state index is -1.26. The van der Waals surface area contributed by atoms with Crippen molar-refractivity contribution in [1.29, 1.82) is 10.5 Å². The maximum Gasteiger partial charge on any atom is 0.328 e. The lowest BCUT2D eigenvalue weighted by Gasteiger charge is -2.12. The first-order chi connectivity index (χ1) is 23.5. The molecule has 14 heteroatoms. The number of methoxy groups -OCH3 is 2. The molecule has 0 atom stereocenters. The van der Waals surface area contributed by atoms with Gasteiger partial charge >= 0.3 is 11.9 Å². The fourth-order valence-electron chi connectivity index (χ4n) is 3.76. The predicted octanol–water partition coefficient (Wildman–Crippen LogP) is 7.27. The lowest BCUT2D eigenvalue weighted by atomic mass is 10.2. The zero-order valence-corrected chi connectivity index (χ0v) is 27.8. The third-order valence-electron chi connectivity index (χ3n) is 5.90. The first kappa shape index (κ1) is 39.1. The molecule has 4 aromatic rings. The third kappa shape index (κ3) is 12.9. The van der Waals surface area contributed by atoms with E-state index >= 15 is 0 Å². The maximum absolute atomic E-state index is 11.0. The highest BCUT2D eigenvalue weighted by atomic mass is 35.5. The number of rotatable bonds is 11. The fourth-order valence-corrected chi connectivity index (χ4v) is 4.08. The molecule has 3 N–H and O–H groups in total. The van der Waals surface area contributed by atoms with Crippen molar-refractivity contribution in [3.05, 3.63) is 117 Å². The molecule has 0 radical (unpaired) electrons. The van der Waals surface area contributed by atoms with Gasteiger partial charge in [-0.15, -0.1) is 0 Å². The van der Waals surface area contributed by atoms with E-state index in [1.807, 2.05) is 25.2 Å². The van der Waals surface area contributed by atoms with Crippen molar-refractivity contribution in [2.45, 2.75) is 6.54 Å². The second-order valence-corrected chi connectivity index (χ2v) is 10.1. The smallest absolute Gasteiger partial charge is 0.328 e. The summed E-state index contributed by atoms with van der Waals surface area (Å²) < 4.78 is 21.7. The molecule has 4 aromatic carbocycles. The highest BCUT2D eigenvalue weighted by molar-refractivity contribution is 6.31. The maximum atomic E-state index is 11.0. The Morgan fingerprint density at radius 3 is 1.61 bits per heavy atom. The van der Waals surface area contributed by atoms with Crippen LogP contribution in [0.3, 0.4) is 0 Å². The molecule has 252 valence electrons. The molecule has 0 spiro atoms. The Morgan fingerprint density at radius 2 is 1.20 bits per heavy atom. The Kier molecular flexibility index (Phi) is 16.2. The number of ether oxygens (including phenoxy) is 4. The Bertz CT molecular complexity index is 1880. The summed E-state index contributed by atoms with van der Waals surface area (Å²) in [5.41, 5.74) is 2.13. The summed E-state index contributed by atoms with van der Waals surface area (Å²) in [7, 11) is 4.96. The number of hydrogen-bond acceptors (Lipinski definition) is 10. The fraction of sp³-hybridized carbons (Fsp3) is 0.114. The zero-order valence-electron chi connectivity index (χ0n) is 26.3. The van der Waals surface area contributed by atoms with E-state index in [-0.39, 0.29) is 0 Å². The van der Waals surface area contributed by atoms with Gasteiger partial charge in [0.05, 0.1) is 30.9 Å². The molecular weight excluding hydrogens is 677 g/mol. The van der Waals surface area contributed by atoms with Gasteiger partial charge in [-0.1, -0.05) is 23.2 Å². The van der Waals surface area contributed by atoms with E-state index in [1.165, 1.54) is 13.2 Å². The van der Waals surface area contributed by atoms with Crippen molar-refractivity contribution in [2.24, 2.45) is 0 Å². The number of nitrogens with zero attached hydrogens (tertiary/aromatic N) is 2. The molecular formula is C35H29Cl2N3O9. The van der Waals surface area contributed by atoms with Gasteiger partial charge in [-0.25, -0.2) is 9.59 Å². The molecule has 0 heterocycles. The van der Waals surface area contributed by atoms with Crippen LogP contribution in [0.15, 0.2) is 84.9 Å². The van der Waals surface area contributed by atoms with Crippen LogP contribution in [0.25, 0.3) is 0 Å². The van der Waals surface area contributed by atoms with E-state index in [0.717, 1.165) is 11.3 Å². The SMILES string of the molecule is CNCc1cc(Oc2cc(Cl)ccc2C#N)ccc1OC.COc1ccc(Oc2cc(Cl)ccc2C#N)cc1C=O.O=C(O)C=CC(=O)O. The van der Waals surface area contributed by atoms with E-state index in [2.05, 4.69) is 11.4 Å². The molecule has 0 fully saturated rings. The van der Waals surface area contributed by atoms with Crippen molar-refractivity contribution in [1.82, 2.24) is 5.32 Å². The van der Waals surface area contributed by atoms with Crippen molar-refractivity contribution in [2.75, 3.05) is 21.3 Å². The Morgan fingerprint density at radius 1 is 0.735 bits per heavy atom. The average Bonchev–Trinajstić information content (AvgIpc) is 3.08. The molecule has 0 aromatic heterocycles. The van der Waals surface area contributed by atoms with Crippen LogP contribution in [0, 0.1) is 22.7 Å². The Labute approximate surface area is 291 Å². The van der Waals surface area contributed by atoms with Crippen LogP contribution in [0.1, 0.15) is 27.0 Å². The van der Waals surface area contributed by atoms with Gasteiger partial charge in [0.25, 0.3) is 0 Å². The van der Waals surface area contributed by atoms with Crippen molar-refractivity contribution in [3.8, 4) is 46.6 Å². The van der Waals surface area contributed by atoms with Crippen LogP contribution in [0.5, 0.6) is 34.5 Å². The Hall–Kier alpha value is -6.05. The number of carbonyl (C=O) groups excluding carboxylic acids is 1. The summed E-state index contributed by atoms with van der Waals surface area (Å²) in [6.07, 6.45) is 1.79. The largest absolute Gasteiger partial charge is 0.496 e. The lowest BCUT2D eigenvalue weighted by Crippen LogP contribution is -2.06. The van der Waals surface area contributed by atoms with Gasteiger partial charge in [-0.2, -0.15) is 10.5 Å². The number of benzene rings is 4. The van der Waals surface area contributed by atoms with Crippen molar-refractivity contribution in [3.63, 3.8) is 0 Å². The van der Waals surface area contributed by atoms with Crippen molar-refractivity contribution >= 4 is 41.4 Å². The number of nitriles is 2. The van der Waals surface area contributed by atoms with Gasteiger partial charge in [0, 0.05) is 46.4 Å². The summed E-state index contributed by atoms with van der Waals surface area (Å²) in [5.74, 6) is 0.543.